The van der Waals surface area contributed by atoms with Crippen LogP contribution in [0.4, 0.5) is 5.69 Å². The van der Waals surface area contributed by atoms with E-state index >= 15 is 0 Å². The Morgan fingerprint density at radius 1 is 1.11 bits per heavy atom. The van der Waals surface area contributed by atoms with Gasteiger partial charge in [-0.05, 0) is 55.0 Å². The molecule has 1 amide bonds. The fourth-order valence-corrected chi connectivity index (χ4v) is 4.21. The highest BCUT2D eigenvalue weighted by atomic mass is 32.2. The fraction of sp³-hybridized carbons (Fsp3) is 0.100. The van der Waals surface area contributed by atoms with Gasteiger partial charge in [0.2, 0.25) is 5.91 Å². The first-order chi connectivity index (χ1) is 13.2. The number of thiazole rings is 1. The summed E-state index contributed by atoms with van der Waals surface area (Å²) in [5.41, 5.74) is 4.04. The zero-order valence-corrected chi connectivity index (χ0v) is 16.2. The Balaban J connectivity index is 1.41. The first kappa shape index (κ1) is 17.6. The van der Waals surface area contributed by atoms with Gasteiger partial charge in [-0.2, -0.15) is 0 Å². The molecule has 134 valence electrons. The van der Waals surface area contributed by atoms with Crippen molar-refractivity contribution in [2.24, 2.45) is 0 Å². The molecule has 0 fully saturated rings. The van der Waals surface area contributed by atoms with E-state index in [1.54, 1.807) is 29.8 Å². The van der Waals surface area contributed by atoms with Gasteiger partial charge in [0, 0.05) is 23.6 Å². The summed E-state index contributed by atoms with van der Waals surface area (Å²) in [6, 6.07) is 15.8. The molecule has 0 radical (unpaired) electrons. The van der Waals surface area contributed by atoms with E-state index in [2.05, 4.69) is 34.3 Å². The van der Waals surface area contributed by atoms with Gasteiger partial charge in [0.25, 0.3) is 0 Å². The molecule has 0 unspecified atom stereocenters. The van der Waals surface area contributed by atoms with Gasteiger partial charge in [-0.15, -0.1) is 11.3 Å². The number of aromatic nitrogens is 3. The van der Waals surface area contributed by atoms with Gasteiger partial charge in [-0.1, -0.05) is 17.8 Å². The molecule has 0 saturated carbocycles. The molecule has 2 aromatic heterocycles. The molecule has 27 heavy (non-hydrogen) atoms. The van der Waals surface area contributed by atoms with Gasteiger partial charge >= 0.3 is 0 Å². The minimum absolute atomic E-state index is 0.0873. The highest BCUT2D eigenvalue weighted by Gasteiger charge is 2.08. The molecule has 0 spiro atoms. The molecule has 4 rings (SSSR count). The van der Waals surface area contributed by atoms with Crippen LogP contribution >= 0.6 is 23.1 Å². The molecule has 0 atom stereocenters. The summed E-state index contributed by atoms with van der Waals surface area (Å²) >= 11 is 2.98. The Hall–Kier alpha value is -2.77. The number of fused-ring (bicyclic) bond motifs is 1. The fourth-order valence-electron chi connectivity index (χ4n) is 2.54. The van der Waals surface area contributed by atoms with E-state index in [-0.39, 0.29) is 11.7 Å². The lowest BCUT2D eigenvalue weighted by molar-refractivity contribution is -0.113. The maximum atomic E-state index is 12.1. The monoisotopic (exact) mass is 392 g/mol. The number of rotatable bonds is 5. The first-order valence-electron chi connectivity index (χ1n) is 8.35. The minimum Gasteiger partial charge on any atom is -0.325 e. The van der Waals surface area contributed by atoms with Crippen LogP contribution in [0.3, 0.4) is 0 Å². The predicted molar refractivity (Wildman–Crippen MR) is 111 cm³/mol. The van der Waals surface area contributed by atoms with E-state index in [1.807, 2.05) is 30.3 Å². The van der Waals surface area contributed by atoms with Crippen LogP contribution in [0.25, 0.3) is 20.8 Å². The number of carbonyl (C=O) groups excluding carboxylic acids is 1. The normalized spacial score (nSPS) is 10.9. The van der Waals surface area contributed by atoms with Crippen LogP contribution in [-0.2, 0) is 4.79 Å². The lowest BCUT2D eigenvalue weighted by Crippen LogP contribution is -2.14. The minimum atomic E-state index is -0.0873. The van der Waals surface area contributed by atoms with Gasteiger partial charge in [-0.3, -0.25) is 4.79 Å². The highest BCUT2D eigenvalue weighted by Crippen LogP contribution is 2.31. The van der Waals surface area contributed by atoms with Gasteiger partial charge in [0.1, 0.15) is 5.01 Å². The summed E-state index contributed by atoms with van der Waals surface area (Å²) in [6.07, 6.45) is 3.32. The summed E-state index contributed by atoms with van der Waals surface area (Å²) in [5.74, 6) is 0.180. The SMILES string of the molecule is Cc1ccc2nc(-c3ccc(NC(=O)CSc4ncccn4)cc3)sc2c1. The van der Waals surface area contributed by atoms with Crippen LogP contribution in [0.15, 0.2) is 66.1 Å². The summed E-state index contributed by atoms with van der Waals surface area (Å²) in [5, 5.41) is 4.46. The van der Waals surface area contributed by atoms with E-state index < -0.39 is 0 Å². The molecule has 2 heterocycles. The number of nitrogens with one attached hydrogen (secondary N) is 1. The first-order valence-corrected chi connectivity index (χ1v) is 10.1. The van der Waals surface area contributed by atoms with E-state index in [1.165, 1.54) is 22.0 Å². The van der Waals surface area contributed by atoms with Gasteiger partial charge in [-0.25, -0.2) is 15.0 Å². The molecule has 0 bridgehead atoms. The molecule has 0 aliphatic heterocycles. The second kappa shape index (κ2) is 7.85. The van der Waals surface area contributed by atoms with Crippen molar-refractivity contribution in [3.63, 3.8) is 0 Å². The van der Waals surface area contributed by atoms with Crippen molar-refractivity contribution in [3.8, 4) is 10.6 Å². The van der Waals surface area contributed by atoms with Crippen molar-refractivity contribution in [2.75, 3.05) is 11.1 Å². The van der Waals surface area contributed by atoms with Gasteiger partial charge in [0.15, 0.2) is 5.16 Å². The number of carbonyl (C=O) groups is 1. The van der Waals surface area contributed by atoms with E-state index in [0.29, 0.717) is 5.16 Å². The lowest BCUT2D eigenvalue weighted by atomic mass is 10.2. The van der Waals surface area contributed by atoms with Crippen molar-refractivity contribution in [2.45, 2.75) is 12.1 Å². The Bertz CT molecular complexity index is 1080. The number of hydrogen-bond acceptors (Lipinski definition) is 6. The zero-order valence-electron chi connectivity index (χ0n) is 14.5. The van der Waals surface area contributed by atoms with Crippen LogP contribution in [0.1, 0.15) is 5.56 Å². The average Bonchev–Trinajstić information content (AvgIpc) is 3.11. The number of hydrogen-bond donors (Lipinski definition) is 1. The molecule has 5 nitrogen and oxygen atoms in total. The van der Waals surface area contributed by atoms with Gasteiger partial charge < -0.3 is 5.32 Å². The standard InChI is InChI=1S/C20H16N4OS2/c1-13-3-8-16-17(11-13)27-19(24-16)14-4-6-15(7-5-14)23-18(25)12-26-20-21-9-2-10-22-20/h2-11H,12H2,1H3,(H,23,25). The number of aryl methyl sites for hydroxylation is 1. The van der Waals surface area contributed by atoms with Crippen molar-refractivity contribution >= 4 is 44.9 Å². The largest absolute Gasteiger partial charge is 0.325 e. The van der Waals surface area contributed by atoms with Crippen LogP contribution in [-0.4, -0.2) is 26.6 Å². The van der Waals surface area contributed by atoms with Crippen LogP contribution in [0, 0.1) is 6.92 Å². The quantitative estimate of drug-likeness (QED) is 0.391. The zero-order chi connectivity index (χ0) is 18.6. The summed E-state index contributed by atoms with van der Waals surface area (Å²) < 4.78 is 1.18. The van der Waals surface area contributed by atoms with E-state index in [0.717, 1.165) is 21.8 Å². The molecular weight excluding hydrogens is 376 g/mol. The molecule has 7 heteroatoms. The number of benzene rings is 2. The third-order valence-corrected chi connectivity index (χ3v) is 5.78. The number of amides is 1. The van der Waals surface area contributed by atoms with E-state index in [9.17, 15) is 4.79 Å². The summed E-state index contributed by atoms with van der Waals surface area (Å²) in [4.78, 5) is 25.0. The summed E-state index contributed by atoms with van der Waals surface area (Å²) in [7, 11) is 0. The average molecular weight is 393 g/mol. The third-order valence-electron chi connectivity index (χ3n) is 3.83. The Labute approximate surface area is 164 Å². The second-order valence-corrected chi connectivity index (χ2v) is 7.91. The number of anilines is 1. The van der Waals surface area contributed by atoms with Gasteiger partial charge in [0.05, 0.1) is 16.0 Å². The van der Waals surface area contributed by atoms with Crippen molar-refractivity contribution in [1.29, 1.82) is 0 Å². The molecule has 1 N–H and O–H groups in total. The van der Waals surface area contributed by atoms with Crippen LogP contribution in [0.2, 0.25) is 0 Å². The van der Waals surface area contributed by atoms with Crippen molar-refractivity contribution in [1.82, 2.24) is 15.0 Å². The third kappa shape index (κ3) is 4.32. The highest BCUT2D eigenvalue weighted by molar-refractivity contribution is 7.99. The molecular formula is C20H16N4OS2. The molecule has 4 aromatic rings. The smallest absolute Gasteiger partial charge is 0.234 e. The Morgan fingerprint density at radius 2 is 1.89 bits per heavy atom. The molecule has 2 aromatic carbocycles. The van der Waals surface area contributed by atoms with Crippen LogP contribution in [0.5, 0.6) is 0 Å². The summed E-state index contributed by atoms with van der Waals surface area (Å²) in [6.45, 7) is 2.08. The van der Waals surface area contributed by atoms with E-state index in [4.69, 9.17) is 4.98 Å². The van der Waals surface area contributed by atoms with Crippen LogP contribution < -0.4 is 5.32 Å². The van der Waals surface area contributed by atoms with Crippen molar-refractivity contribution < 1.29 is 4.79 Å². The maximum absolute atomic E-state index is 12.1. The molecule has 0 aliphatic rings. The Kier molecular flexibility index (Phi) is 5.13. The molecule has 0 saturated heterocycles. The topological polar surface area (TPSA) is 67.8 Å². The number of thioether (sulfide) groups is 1. The molecule has 0 aliphatic carbocycles. The maximum Gasteiger partial charge on any atom is 0.234 e. The second-order valence-electron chi connectivity index (χ2n) is 5.94. The predicted octanol–water partition coefficient (Wildman–Crippen LogP) is 4.79. The lowest BCUT2D eigenvalue weighted by Gasteiger charge is -2.05. The Morgan fingerprint density at radius 3 is 2.67 bits per heavy atom. The number of nitrogens with zero attached hydrogens (tertiary/aromatic N) is 3. The van der Waals surface area contributed by atoms with Crippen molar-refractivity contribution in [3.05, 3.63) is 66.5 Å².